The third-order valence-corrected chi connectivity index (χ3v) is 4.56. The quantitative estimate of drug-likeness (QED) is 0.347. The topological polar surface area (TPSA) is 121 Å². The number of carbonyl (C=O) groups excluding carboxylic acids is 3. The molecule has 0 spiro atoms. The summed E-state index contributed by atoms with van der Waals surface area (Å²) < 4.78 is 5.19. The molecule has 31 heavy (non-hydrogen) atoms. The SMILES string of the molecule is CC(C)[C@H](NC(=O)OCc1ccccc1)C(=O)N[C@@H](Cc1ccccc1)C(=O)C=[N+]=[N-]. The van der Waals surface area contributed by atoms with Gasteiger partial charge in [0, 0.05) is 6.42 Å². The van der Waals surface area contributed by atoms with E-state index in [-0.39, 0.29) is 18.9 Å². The van der Waals surface area contributed by atoms with Crippen LogP contribution in [0.3, 0.4) is 0 Å². The van der Waals surface area contributed by atoms with Gasteiger partial charge in [-0.1, -0.05) is 74.5 Å². The van der Waals surface area contributed by atoms with E-state index in [4.69, 9.17) is 10.3 Å². The van der Waals surface area contributed by atoms with Crippen LogP contribution in [0.15, 0.2) is 60.7 Å². The van der Waals surface area contributed by atoms with Gasteiger partial charge in [0.15, 0.2) is 0 Å². The number of alkyl carbamates (subject to hydrolysis) is 1. The van der Waals surface area contributed by atoms with E-state index in [9.17, 15) is 14.4 Å². The minimum Gasteiger partial charge on any atom is -0.445 e. The van der Waals surface area contributed by atoms with Gasteiger partial charge in [0.05, 0.1) is 0 Å². The highest BCUT2D eigenvalue weighted by Gasteiger charge is 2.30. The van der Waals surface area contributed by atoms with Crippen LogP contribution in [-0.4, -0.2) is 40.9 Å². The van der Waals surface area contributed by atoms with Crippen molar-refractivity contribution in [1.29, 1.82) is 0 Å². The molecule has 2 amide bonds. The largest absolute Gasteiger partial charge is 0.445 e. The average molecular weight is 422 g/mol. The zero-order chi connectivity index (χ0) is 22.6. The van der Waals surface area contributed by atoms with E-state index in [1.165, 1.54) is 0 Å². The van der Waals surface area contributed by atoms with E-state index in [2.05, 4.69) is 15.4 Å². The minimum atomic E-state index is -0.950. The fraction of sp³-hybridized carbons (Fsp3) is 0.304. The Kier molecular flexibility index (Phi) is 9.13. The lowest BCUT2D eigenvalue weighted by molar-refractivity contribution is -0.128. The highest BCUT2D eigenvalue weighted by Crippen LogP contribution is 2.08. The van der Waals surface area contributed by atoms with Crippen LogP contribution in [0.1, 0.15) is 25.0 Å². The Morgan fingerprint density at radius 2 is 1.55 bits per heavy atom. The first-order valence-electron chi connectivity index (χ1n) is 9.93. The second-order valence-corrected chi connectivity index (χ2v) is 7.33. The molecule has 0 fully saturated rings. The van der Waals surface area contributed by atoms with Crippen molar-refractivity contribution in [3.63, 3.8) is 0 Å². The predicted molar refractivity (Wildman–Crippen MR) is 115 cm³/mol. The van der Waals surface area contributed by atoms with Gasteiger partial charge in [-0.15, -0.1) is 0 Å². The van der Waals surface area contributed by atoms with Crippen molar-refractivity contribution in [2.24, 2.45) is 5.92 Å². The molecule has 8 heteroatoms. The molecule has 2 aromatic carbocycles. The second kappa shape index (κ2) is 12.0. The first-order chi connectivity index (χ1) is 14.9. The van der Waals surface area contributed by atoms with Crippen molar-refractivity contribution >= 4 is 24.0 Å². The number of ether oxygens (including phenoxy) is 1. The summed E-state index contributed by atoms with van der Waals surface area (Å²) in [4.78, 5) is 40.2. The van der Waals surface area contributed by atoms with Gasteiger partial charge < -0.3 is 20.9 Å². The van der Waals surface area contributed by atoms with Gasteiger partial charge >= 0.3 is 12.3 Å². The second-order valence-electron chi connectivity index (χ2n) is 7.33. The Hall–Kier alpha value is -3.77. The summed E-state index contributed by atoms with van der Waals surface area (Å²) in [7, 11) is 0. The molecule has 0 aliphatic carbocycles. The number of hydrogen-bond donors (Lipinski definition) is 2. The summed E-state index contributed by atoms with van der Waals surface area (Å²) in [6.07, 6.45) is 0.223. The Balaban J connectivity index is 2.04. The summed E-state index contributed by atoms with van der Waals surface area (Å²) in [5.41, 5.74) is 10.4. The number of carbonyl (C=O) groups is 3. The number of ketones is 1. The Bertz CT molecular complexity index is 925. The number of amides is 2. The molecule has 0 unspecified atom stereocenters. The van der Waals surface area contributed by atoms with Crippen LogP contribution in [0.25, 0.3) is 5.53 Å². The van der Waals surface area contributed by atoms with Crippen molar-refractivity contribution in [2.75, 3.05) is 0 Å². The van der Waals surface area contributed by atoms with Gasteiger partial charge in [-0.2, -0.15) is 4.79 Å². The van der Waals surface area contributed by atoms with E-state index < -0.39 is 29.9 Å². The zero-order valence-corrected chi connectivity index (χ0v) is 17.5. The number of rotatable bonds is 10. The van der Waals surface area contributed by atoms with Gasteiger partial charge in [-0.25, -0.2) is 4.79 Å². The van der Waals surface area contributed by atoms with Crippen LogP contribution in [0.5, 0.6) is 0 Å². The van der Waals surface area contributed by atoms with Crippen LogP contribution in [-0.2, 0) is 27.4 Å². The molecule has 2 aromatic rings. The molecule has 0 radical (unpaired) electrons. The normalized spacial score (nSPS) is 12.2. The first-order valence-corrected chi connectivity index (χ1v) is 9.93. The van der Waals surface area contributed by atoms with Gasteiger partial charge in [-0.3, -0.25) is 9.59 Å². The number of hydrogen-bond acceptors (Lipinski definition) is 4. The first kappa shape index (κ1) is 23.5. The fourth-order valence-electron chi connectivity index (χ4n) is 2.91. The van der Waals surface area contributed by atoms with Gasteiger partial charge in [0.1, 0.15) is 18.7 Å². The van der Waals surface area contributed by atoms with Gasteiger partial charge in [-0.05, 0) is 17.0 Å². The monoisotopic (exact) mass is 422 g/mol. The molecule has 0 saturated heterocycles. The van der Waals surface area contributed by atoms with Crippen molar-refractivity contribution < 1.29 is 23.9 Å². The summed E-state index contributed by atoms with van der Waals surface area (Å²) in [6, 6.07) is 16.4. The van der Waals surface area contributed by atoms with Crippen molar-refractivity contribution in [3.05, 3.63) is 77.3 Å². The molecule has 0 aliphatic rings. The molecule has 2 N–H and O–H groups in total. The lowest BCUT2D eigenvalue weighted by Crippen LogP contribution is -2.54. The van der Waals surface area contributed by atoms with Crippen LogP contribution in [0.4, 0.5) is 4.79 Å². The van der Waals surface area contributed by atoms with Crippen LogP contribution < -0.4 is 10.6 Å². The maximum atomic E-state index is 12.9. The van der Waals surface area contributed by atoms with Crippen molar-refractivity contribution in [2.45, 2.75) is 39.0 Å². The van der Waals surface area contributed by atoms with Crippen LogP contribution in [0, 0.1) is 5.92 Å². The number of Topliss-reactive ketones (excluding diaryl/α,β-unsaturated/α-hetero) is 1. The lowest BCUT2D eigenvalue weighted by atomic mass is 10.00. The van der Waals surface area contributed by atoms with E-state index >= 15 is 0 Å². The summed E-state index contributed by atoms with van der Waals surface area (Å²) in [5.74, 6) is -1.36. The highest BCUT2D eigenvalue weighted by atomic mass is 16.5. The third-order valence-electron chi connectivity index (χ3n) is 4.56. The lowest BCUT2D eigenvalue weighted by Gasteiger charge is -2.24. The Morgan fingerprint density at radius 3 is 2.10 bits per heavy atom. The summed E-state index contributed by atoms with van der Waals surface area (Å²) in [5, 5.41) is 5.21. The standard InChI is InChI=1S/C23H26N4O4/c1-16(2)21(27-23(30)31-15-18-11-7-4-8-12-18)22(29)26-19(20(28)14-25-24)13-17-9-5-3-6-10-17/h3-12,14,16,19,21H,13,15H2,1-2H3,(H,26,29)(H,27,30)/t19-,21-/m0/s1. The predicted octanol–water partition coefficient (Wildman–Crippen LogP) is 2.53. The molecule has 162 valence electrons. The highest BCUT2D eigenvalue weighted by molar-refractivity contribution is 6.28. The Morgan fingerprint density at radius 1 is 0.968 bits per heavy atom. The number of benzene rings is 2. The molecule has 2 atom stereocenters. The number of nitrogens with one attached hydrogen (secondary N) is 2. The third kappa shape index (κ3) is 7.87. The fourth-order valence-corrected chi connectivity index (χ4v) is 2.91. The molecular weight excluding hydrogens is 396 g/mol. The van der Waals surface area contributed by atoms with E-state index in [1.807, 2.05) is 60.7 Å². The van der Waals surface area contributed by atoms with Crippen LogP contribution >= 0.6 is 0 Å². The maximum absolute atomic E-state index is 12.9. The average Bonchev–Trinajstić information content (AvgIpc) is 2.77. The molecular formula is C23H26N4O4. The molecule has 0 aromatic heterocycles. The van der Waals surface area contributed by atoms with Crippen LogP contribution in [0.2, 0.25) is 0 Å². The van der Waals surface area contributed by atoms with Gasteiger partial charge in [0.25, 0.3) is 5.78 Å². The van der Waals surface area contributed by atoms with E-state index in [0.29, 0.717) is 0 Å². The molecule has 0 saturated carbocycles. The smallest absolute Gasteiger partial charge is 0.408 e. The van der Waals surface area contributed by atoms with Crippen molar-refractivity contribution in [3.8, 4) is 0 Å². The molecule has 2 rings (SSSR count). The summed E-state index contributed by atoms with van der Waals surface area (Å²) in [6.45, 7) is 3.61. The minimum absolute atomic E-state index is 0.0706. The molecule has 0 heterocycles. The van der Waals surface area contributed by atoms with E-state index in [0.717, 1.165) is 17.3 Å². The van der Waals surface area contributed by atoms with Crippen molar-refractivity contribution in [1.82, 2.24) is 10.6 Å². The molecule has 8 nitrogen and oxygen atoms in total. The zero-order valence-electron chi connectivity index (χ0n) is 17.5. The van der Waals surface area contributed by atoms with Gasteiger partial charge in [0.2, 0.25) is 5.91 Å². The summed E-state index contributed by atoms with van der Waals surface area (Å²) >= 11 is 0. The molecule has 0 aliphatic heterocycles. The number of nitrogens with zero attached hydrogens (tertiary/aromatic N) is 2. The van der Waals surface area contributed by atoms with E-state index in [1.54, 1.807) is 13.8 Å². The maximum Gasteiger partial charge on any atom is 0.408 e. The Labute approximate surface area is 181 Å². The molecule has 0 bridgehead atoms.